The van der Waals surface area contributed by atoms with Gasteiger partial charge in [-0.1, -0.05) is 0 Å². The van der Waals surface area contributed by atoms with E-state index in [1.165, 1.54) is 12.8 Å². The van der Waals surface area contributed by atoms with E-state index < -0.39 is 0 Å². The van der Waals surface area contributed by atoms with E-state index in [1.54, 1.807) is 0 Å². The fourth-order valence-electron chi connectivity index (χ4n) is 2.75. The number of aromatic nitrogens is 2. The third kappa shape index (κ3) is 3.37. The lowest BCUT2D eigenvalue weighted by Crippen LogP contribution is -2.24. The van der Waals surface area contributed by atoms with Crippen LogP contribution in [0.3, 0.4) is 0 Å². The second-order valence-electron chi connectivity index (χ2n) is 5.97. The number of nitrogen functional groups attached to an aromatic ring is 1. The van der Waals surface area contributed by atoms with Gasteiger partial charge in [-0.2, -0.15) is 0 Å². The fraction of sp³-hybridized carbons (Fsp3) is 0.714. The van der Waals surface area contributed by atoms with Crippen molar-refractivity contribution in [1.82, 2.24) is 9.97 Å². The summed E-state index contributed by atoms with van der Waals surface area (Å²) < 4.78 is 0. The zero-order valence-corrected chi connectivity index (χ0v) is 11.7. The molecule has 20 heavy (non-hydrogen) atoms. The Labute approximate surface area is 119 Å². The van der Waals surface area contributed by atoms with Crippen molar-refractivity contribution in [3.8, 4) is 0 Å². The van der Waals surface area contributed by atoms with Crippen molar-refractivity contribution in [2.75, 3.05) is 17.3 Å². The van der Waals surface area contributed by atoms with E-state index in [2.05, 4.69) is 20.7 Å². The maximum absolute atomic E-state index is 9.52. The van der Waals surface area contributed by atoms with Crippen LogP contribution in [0.4, 0.5) is 11.6 Å². The summed E-state index contributed by atoms with van der Waals surface area (Å²) in [4.78, 5) is 8.97. The highest BCUT2D eigenvalue weighted by Crippen LogP contribution is 2.38. The quantitative estimate of drug-likeness (QED) is 0.482. The Morgan fingerprint density at radius 2 is 1.80 bits per heavy atom. The first-order valence-electron chi connectivity index (χ1n) is 7.52. The third-order valence-corrected chi connectivity index (χ3v) is 4.22. The Morgan fingerprint density at radius 3 is 2.45 bits per heavy atom. The first-order valence-corrected chi connectivity index (χ1v) is 7.52. The van der Waals surface area contributed by atoms with Gasteiger partial charge in [-0.25, -0.2) is 15.8 Å². The summed E-state index contributed by atoms with van der Waals surface area (Å²) in [7, 11) is 0. The molecule has 3 rings (SSSR count). The van der Waals surface area contributed by atoms with Crippen molar-refractivity contribution in [2.24, 2.45) is 11.8 Å². The van der Waals surface area contributed by atoms with Crippen molar-refractivity contribution in [3.63, 3.8) is 0 Å². The topological polar surface area (TPSA) is 96.1 Å². The van der Waals surface area contributed by atoms with E-state index in [1.807, 2.05) is 6.07 Å². The minimum absolute atomic E-state index is 0.0974. The molecular formula is C14H23N5O. The molecule has 0 spiro atoms. The molecule has 0 aromatic carbocycles. The highest BCUT2D eigenvalue weighted by Gasteiger charge is 2.27. The smallest absolute Gasteiger partial charge is 0.145 e. The summed E-state index contributed by atoms with van der Waals surface area (Å²) in [5.41, 5.74) is 2.61. The van der Waals surface area contributed by atoms with E-state index in [-0.39, 0.29) is 6.10 Å². The molecule has 6 nitrogen and oxygen atoms in total. The Hall–Kier alpha value is -1.40. The first kappa shape index (κ1) is 13.6. The van der Waals surface area contributed by atoms with Gasteiger partial charge in [-0.15, -0.1) is 0 Å². The Bertz CT molecular complexity index is 455. The minimum Gasteiger partial charge on any atom is -0.393 e. The molecule has 2 fully saturated rings. The number of anilines is 2. The van der Waals surface area contributed by atoms with Gasteiger partial charge in [0.2, 0.25) is 0 Å². The molecule has 0 atom stereocenters. The molecule has 5 N–H and O–H groups in total. The summed E-state index contributed by atoms with van der Waals surface area (Å²) in [6.45, 7) is 0.901. The second-order valence-corrected chi connectivity index (χ2v) is 5.97. The Morgan fingerprint density at radius 1 is 1.10 bits per heavy atom. The van der Waals surface area contributed by atoms with Crippen LogP contribution in [-0.4, -0.2) is 27.7 Å². The molecule has 2 aliphatic rings. The minimum atomic E-state index is -0.0974. The maximum atomic E-state index is 9.52. The monoisotopic (exact) mass is 277 g/mol. The number of aliphatic hydroxyl groups is 1. The molecule has 0 amide bonds. The van der Waals surface area contributed by atoms with Crippen LogP contribution in [0, 0.1) is 5.92 Å². The summed E-state index contributed by atoms with van der Waals surface area (Å²) in [6, 6.07) is 1.85. The lowest BCUT2D eigenvalue weighted by molar-refractivity contribution is 0.111. The predicted octanol–water partition coefficient (Wildman–Crippen LogP) is 1.60. The predicted molar refractivity (Wildman–Crippen MR) is 78.3 cm³/mol. The van der Waals surface area contributed by atoms with E-state index >= 15 is 0 Å². The number of aliphatic hydroxyl groups excluding tert-OH is 1. The van der Waals surface area contributed by atoms with Gasteiger partial charge in [0, 0.05) is 18.5 Å². The maximum Gasteiger partial charge on any atom is 0.145 e. The van der Waals surface area contributed by atoms with Gasteiger partial charge in [-0.05, 0) is 44.4 Å². The molecular weight excluding hydrogens is 254 g/mol. The zero-order valence-electron chi connectivity index (χ0n) is 11.7. The summed E-state index contributed by atoms with van der Waals surface area (Å²) in [5, 5.41) is 12.9. The number of hydrazine groups is 1. The molecule has 0 saturated heterocycles. The van der Waals surface area contributed by atoms with E-state index in [4.69, 9.17) is 5.84 Å². The number of nitrogens with two attached hydrogens (primary N) is 1. The van der Waals surface area contributed by atoms with E-state index in [0.717, 1.165) is 43.9 Å². The average molecular weight is 277 g/mol. The molecule has 1 heterocycles. The van der Waals surface area contributed by atoms with Crippen LogP contribution in [-0.2, 0) is 0 Å². The SMILES string of the molecule is NNc1cc(NCC2CCC(O)CC2)nc(C2CC2)n1. The van der Waals surface area contributed by atoms with Gasteiger partial charge in [-0.3, -0.25) is 0 Å². The van der Waals surface area contributed by atoms with Gasteiger partial charge in [0.25, 0.3) is 0 Å². The molecule has 1 aromatic heterocycles. The number of nitrogens with one attached hydrogen (secondary N) is 2. The summed E-state index contributed by atoms with van der Waals surface area (Å²) >= 11 is 0. The summed E-state index contributed by atoms with van der Waals surface area (Å²) in [5.74, 6) is 9.00. The van der Waals surface area contributed by atoms with Crippen molar-refractivity contribution in [2.45, 2.75) is 50.5 Å². The standard InChI is InChI=1S/C14H23N5O/c15-19-13-7-12(17-14(18-13)10-3-4-10)16-8-9-1-5-11(20)6-2-9/h7,9-11,20H,1-6,8,15H2,(H2,16,17,18,19). The van der Waals surface area contributed by atoms with Crippen LogP contribution in [0.25, 0.3) is 0 Å². The number of hydrogen-bond donors (Lipinski definition) is 4. The number of hydrogen-bond acceptors (Lipinski definition) is 6. The van der Waals surface area contributed by atoms with Gasteiger partial charge in [0.1, 0.15) is 17.5 Å². The van der Waals surface area contributed by atoms with Crippen LogP contribution < -0.4 is 16.6 Å². The highest BCUT2D eigenvalue weighted by atomic mass is 16.3. The summed E-state index contributed by atoms with van der Waals surface area (Å²) in [6.07, 6.45) is 6.24. The van der Waals surface area contributed by atoms with Crippen molar-refractivity contribution >= 4 is 11.6 Å². The molecule has 2 aliphatic carbocycles. The van der Waals surface area contributed by atoms with Gasteiger partial charge < -0.3 is 15.8 Å². The second kappa shape index (κ2) is 5.93. The fourth-order valence-corrected chi connectivity index (χ4v) is 2.75. The number of rotatable bonds is 5. The lowest BCUT2D eigenvalue weighted by Gasteiger charge is -2.25. The molecule has 2 saturated carbocycles. The largest absolute Gasteiger partial charge is 0.393 e. The Kier molecular flexibility index (Phi) is 4.03. The molecule has 0 aliphatic heterocycles. The molecule has 0 bridgehead atoms. The molecule has 6 heteroatoms. The first-order chi connectivity index (χ1) is 9.74. The van der Waals surface area contributed by atoms with E-state index in [9.17, 15) is 5.11 Å². The van der Waals surface area contributed by atoms with Crippen molar-refractivity contribution in [1.29, 1.82) is 0 Å². The molecule has 0 unspecified atom stereocenters. The highest BCUT2D eigenvalue weighted by molar-refractivity contribution is 5.47. The molecule has 110 valence electrons. The molecule has 1 aromatic rings. The normalized spacial score (nSPS) is 26.3. The van der Waals surface area contributed by atoms with Crippen molar-refractivity contribution in [3.05, 3.63) is 11.9 Å². The van der Waals surface area contributed by atoms with E-state index in [0.29, 0.717) is 17.7 Å². The van der Waals surface area contributed by atoms with Crippen LogP contribution in [0.1, 0.15) is 50.3 Å². The van der Waals surface area contributed by atoms with Crippen LogP contribution in [0.15, 0.2) is 6.07 Å². The van der Waals surface area contributed by atoms with Crippen LogP contribution in [0.2, 0.25) is 0 Å². The average Bonchev–Trinajstić information content (AvgIpc) is 3.31. The number of nitrogens with zero attached hydrogens (tertiary/aromatic N) is 2. The van der Waals surface area contributed by atoms with Gasteiger partial charge in [0.15, 0.2) is 0 Å². The zero-order chi connectivity index (χ0) is 13.9. The van der Waals surface area contributed by atoms with Gasteiger partial charge in [0.05, 0.1) is 6.10 Å². The lowest BCUT2D eigenvalue weighted by atomic mass is 9.87. The third-order valence-electron chi connectivity index (χ3n) is 4.22. The van der Waals surface area contributed by atoms with Crippen LogP contribution >= 0.6 is 0 Å². The van der Waals surface area contributed by atoms with Gasteiger partial charge >= 0.3 is 0 Å². The molecule has 0 radical (unpaired) electrons. The van der Waals surface area contributed by atoms with Crippen molar-refractivity contribution < 1.29 is 5.11 Å². The Balaban J connectivity index is 1.60. The van der Waals surface area contributed by atoms with Crippen LogP contribution in [0.5, 0.6) is 0 Å².